The molecule has 6 rings (SSSR count). The maximum absolute atomic E-state index is 10.1. The molecule has 0 spiro atoms. The lowest BCUT2D eigenvalue weighted by molar-refractivity contribution is 0.426. The van der Waals surface area contributed by atoms with Crippen molar-refractivity contribution in [3.05, 3.63) is 115 Å². The summed E-state index contributed by atoms with van der Waals surface area (Å²) in [6, 6.07) is 39.3. The number of fused-ring (bicyclic) bond motifs is 3. The zero-order valence-corrected chi connectivity index (χ0v) is 19.2. The fourth-order valence-corrected chi connectivity index (χ4v) is 5.78. The van der Waals surface area contributed by atoms with Crippen LogP contribution in [0.15, 0.2) is 115 Å². The molecule has 1 aromatic heterocycles. The summed E-state index contributed by atoms with van der Waals surface area (Å²) < 4.78 is 2.54. The van der Waals surface area contributed by atoms with Gasteiger partial charge in [-0.05, 0) is 57.0 Å². The lowest BCUT2D eigenvalue weighted by Gasteiger charge is -2.19. The van der Waals surface area contributed by atoms with E-state index in [-0.39, 0.29) is 0 Å². The Bertz CT molecular complexity index is 1560. The Kier molecular flexibility index (Phi) is 5.27. The summed E-state index contributed by atoms with van der Waals surface area (Å²) in [5, 5.41) is 22.7. The van der Waals surface area contributed by atoms with E-state index in [9.17, 15) is 10.0 Å². The molecule has 4 heteroatoms. The predicted molar refractivity (Wildman–Crippen MR) is 145 cm³/mol. The summed E-state index contributed by atoms with van der Waals surface area (Å²) in [4.78, 5) is 0. The van der Waals surface area contributed by atoms with E-state index in [1.54, 1.807) is 11.3 Å². The molecule has 0 bridgehead atoms. The highest BCUT2D eigenvalue weighted by Gasteiger charge is 2.21. The smallest absolute Gasteiger partial charge is 0.423 e. The molecule has 6 aromatic rings. The van der Waals surface area contributed by atoms with Crippen LogP contribution in [0.1, 0.15) is 0 Å². The summed E-state index contributed by atoms with van der Waals surface area (Å²) in [7, 11) is -1.55. The highest BCUT2D eigenvalue weighted by Crippen LogP contribution is 2.42. The molecule has 0 saturated heterocycles. The molecule has 0 aliphatic heterocycles. The first kappa shape index (κ1) is 20.9. The normalized spacial score (nSPS) is 11.2. The van der Waals surface area contributed by atoms with Gasteiger partial charge in [-0.25, -0.2) is 0 Å². The second kappa shape index (κ2) is 8.58. The van der Waals surface area contributed by atoms with Crippen molar-refractivity contribution in [2.24, 2.45) is 0 Å². The Labute approximate surface area is 202 Å². The van der Waals surface area contributed by atoms with Crippen molar-refractivity contribution in [1.29, 1.82) is 0 Å². The van der Waals surface area contributed by atoms with Gasteiger partial charge in [0.25, 0.3) is 0 Å². The van der Waals surface area contributed by atoms with E-state index in [0.717, 1.165) is 33.4 Å². The predicted octanol–water partition coefficient (Wildman–Crippen LogP) is 6.74. The van der Waals surface area contributed by atoms with E-state index in [2.05, 4.69) is 66.7 Å². The summed E-state index contributed by atoms with van der Waals surface area (Å²) >= 11 is 1.81. The van der Waals surface area contributed by atoms with Gasteiger partial charge >= 0.3 is 7.12 Å². The SMILES string of the molecule is OB(O)c1cc(-c2ccccc2)c(-c2ccc3sc4ccccc4c3c2)c(-c2ccccc2)c1. The van der Waals surface area contributed by atoms with E-state index < -0.39 is 7.12 Å². The third kappa shape index (κ3) is 3.62. The van der Waals surface area contributed by atoms with E-state index in [0.29, 0.717) is 5.46 Å². The van der Waals surface area contributed by atoms with Crippen molar-refractivity contribution in [2.45, 2.75) is 0 Å². The standard InChI is InChI=1S/C30H21BO2S/c32-31(33)23-18-25(20-9-3-1-4-10-20)30(26(19-23)21-11-5-2-6-12-21)22-15-16-29-27(17-22)24-13-7-8-14-28(24)34-29/h1-19,32-33H. The van der Waals surface area contributed by atoms with Crippen LogP contribution in [0.4, 0.5) is 0 Å². The molecule has 1 heterocycles. The first-order valence-corrected chi connectivity index (χ1v) is 12.1. The van der Waals surface area contributed by atoms with E-state index in [1.165, 1.54) is 20.2 Å². The maximum Gasteiger partial charge on any atom is 0.488 e. The Morgan fingerprint density at radius 3 is 1.68 bits per heavy atom. The van der Waals surface area contributed by atoms with Gasteiger partial charge in [-0.1, -0.05) is 97.1 Å². The zero-order chi connectivity index (χ0) is 23.1. The van der Waals surface area contributed by atoms with Crippen LogP contribution in [-0.4, -0.2) is 17.2 Å². The lowest BCUT2D eigenvalue weighted by Crippen LogP contribution is -2.30. The zero-order valence-electron chi connectivity index (χ0n) is 18.3. The highest BCUT2D eigenvalue weighted by molar-refractivity contribution is 7.25. The molecular formula is C30H21BO2S. The van der Waals surface area contributed by atoms with Crippen molar-refractivity contribution in [2.75, 3.05) is 0 Å². The van der Waals surface area contributed by atoms with Gasteiger partial charge in [0.1, 0.15) is 0 Å². The summed E-state index contributed by atoms with van der Waals surface area (Å²) in [5.41, 5.74) is 6.68. The fraction of sp³-hybridized carbons (Fsp3) is 0. The molecule has 0 radical (unpaired) electrons. The van der Waals surface area contributed by atoms with Gasteiger partial charge in [-0.2, -0.15) is 0 Å². The topological polar surface area (TPSA) is 40.5 Å². The summed E-state index contributed by atoms with van der Waals surface area (Å²) in [6.45, 7) is 0. The molecular weight excluding hydrogens is 435 g/mol. The molecule has 0 unspecified atom stereocenters. The van der Waals surface area contributed by atoms with Crippen molar-refractivity contribution in [3.8, 4) is 33.4 Å². The molecule has 2 N–H and O–H groups in total. The maximum atomic E-state index is 10.1. The molecule has 5 aromatic carbocycles. The Morgan fingerprint density at radius 2 is 1.06 bits per heavy atom. The molecule has 34 heavy (non-hydrogen) atoms. The first-order valence-electron chi connectivity index (χ1n) is 11.3. The quantitative estimate of drug-likeness (QED) is 0.289. The largest absolute Gasteiger partial charge is 0.488 e. The minimum atomic E-state index is -1.55. The van der Waals surface area contributed by atoms with Gasteiger partial charge in [-0.3, -0.25) is 0 Å². The number of thiophene rings is 1. The minimum Gasteiger partial charge on any atom is -0.423 e. The summed E-state index contributed by atoms with van der Waals surface area (Å²) in [5.74, 6) is 0. The van der Waals surface area contributed by atoms with Gasteiger partial charge < -0.3 is 10.0 Å². The average Bonchev–Trinajstić information content (AvgIpc) is 3.27. The number of hydrogen-bond donors (Lipinski definition) is 2. The van der Waals surface area contributed by atoms with Crippen LogP contribution in [0, 0.1) is 0 Å². The van der Waals surface area contributed by atoms with Crippen LogP contribution in [0.5, 0.6) is 0 Å². The van der Waals surface area contributed by atoms with Crippen LogP contribution in [0.25, 0.3) is 53.6 Å². The van der Waals surface area contributed by atoms with Crippen molar-refractivity contribution in [1.82, 2.24) is 0 Å². The monoisotopic (exact) mass is 456 g/mol. The third-order valence-electron chi connectivity index (χ3n) is 6.29. The van der Waals surface area contributed by atoms with Gasteiger partial charge in [0, 0.05) is 20.2 Å². The van der Waals surface area contributed by atoms with E-state index >= 15 is 0 Å². The van der Waals surface area contributed by atoms with Crippen LogP contribution >= 0.6 is 11.3 Å². The molecule has 0 amide bonds. The van der Waals surface area contributed by atoms with Crippen LogP contribution in [0.2, 0.25) is 0 Å². The Balaban J connectivity index is 1.71. The highest BCUT2D eigenvalue weighted by atomic mass is 32.1. The van der Waals surface area contributed by atoms with Gasteiger partial charge in [0.2, 0.25) is 0 Å². The van der Waals surface area contributed by atoms with E-state index in [1.807, 2.05) is 48.5 Å². The molecule has 0 aliphatic rings. The molecule has 0 atom stereocenters. The Hall–Kier alpha value is -3.70. The van der Waals surface area contributed by atoms with Crippen molar-refractivity contribution < 1.29 is 10.0 Å². The number of hydrogen-bond acceptors (Lipinski definition) is 3. The minimum absolute atomic E-state index is 0.475. The first-order chi connectivity index (χ1) is 16.7. The molecule has 2 nitrogen and oxygen atoms in total. The summed E-state index contributed by atoms with van der Waals surface area (Å²) in [6.07, 6.45) is 0. The second-order valence-electron chi connectivity index (χ2n) is 8.41. The molecule has 0 saturated carbocycles. The molecule has 0 aliphatic carbocycles. The Morgan fingerprint density at radius 1 is 0.500 bits per heavy atom. The average molecular weight is 456 g/mol. The van der Waals surface area contributed by atoms with Gasteiger partial charge in [-0.15, -0.1) is 11.3 Å². The lowest BCUT2D eigenvalue weighted by atomic mass is 9.74. The van der Waals surface area contributed by atoms with Crippen molar-refractivity contribution in [3.63, 3.8) is 0 Å². The van der Waals surface area contributed by atoms with Crippen molar-refractivity contribution >= 4 is 44.1 Å². The van der Waals surface area contributed by atoms with Crippen LogP contribution in [-0.2, 0) is 0 Å². The molecule has 162 valence electrons. The molecule has 0 fully saturated rings. The number of rotatable bonds is 4. The van der Waals surface area contributed by atoms with E-state index in [4.69, 9.17) is 0 Å². The van der Waals surface area contributed by atoms with Crippen LogP contribution < -0.4 is 5.46 Å². The van der Waals surface area contributed by atoms with Crippen LogP contribution in [0.3, 0.4) is 0 Å². The van der Waals surface area contributed by atoms with Gasteiger partial charge in [0.15, 0.2) is 0 Å². The number of benzene rings is 5. The van der Waals surface area contributed by atoms with Gasteiger partial charge in [0.05, 0.1) is 0 Å². The second-order valence-corrected chi connectivity index (χ2v) is 9.49. The fourth-order valence-electron chi connectivity index (χ4n) is 4.70. The third-order valence-corrected chi connectivity index (χ3v) is 7.45.